The van der Waals surface area contributed by atoms with Crippen LogP contribution in [0.1, 0.15) is 11.6 Å². The lowest BCUT2D eigenvalue weighted by atomic mass is 10.1. The third-order valence-corrected chi connectivity index (χ3v) is 4.35. The van der Waals surface area contributed by atoms with Gasteiger partial charge >= 0.3 is 0 Å². The molecule has 2 aromatic heterocycles. The molecule has 0 radical (unpaired) electrons. The number of aromatic nitrogens is 4. The van der Waals surface area contributed by atoms with Gasteiger partial charge in [-0.05, 0) is 17.7 Å². The molecule has 0 fully saturated rings. The number of nitrogens with zero attached hydrogens (tertiary/aromatic N) is 4. The lowest BCUT2D eigenvalue weighted by Gasteiger charge is -2.19. The Labute approximate surface area is 155 Å². The average Bonchev–Trinajstić information content (AvgIpc) is 3.16. The van der Waals surface area contributed by atoms with Gasteiger partial charge in [-0.3, -0.25) is 0 Å². The summed E-state index contributed by atoms with van der Waals surface area (Å²) in [5.74, 6) is 1.18. The fraction of sp³-hybridized carbons (Fsp3) is 0.105. The van der Waals surface area contributed by atoms with E-state index in [1.54, 1.807) is 16.6 Å². The molecular formula is C19H16ClN5O. The normalized spacial score (nSPS) is 12.2. The fourth-order valence-corrected chi connectivity index (χ4v) is 2.91. The number of benzene rings is 2. The zero-order chi connectivity index (χ0) is 17.9. The second-order valence-electron chi connectivity index (χ2n) is 5.80. The highest BCUT2D eigenvalue weighted by Gasteiger charge is 2.15. The summed E-state index contributed by atoms with van der Waals surface area (Å²) >= 11 is 5.96. The van der Waals surface area contributed by atoms with Crippen LogP contribution in [-0.2, 0) is 0 Å². The molecule has 4 rings (SSSR count). The van der Waals surface area contributed by atoms with Gasteiger partial charge in [0.05, 0.1) is 18.3 Å². The predicted molar refractivity (Wildman–Crippen MR) is 101 cm³/mol. The van der Waals surface area contributed by atoms with Gasteiger partial charge in [-0.2, -0.15) is 14.6 Å². The maximum atomic E-state index is 9.86. The van der Waals surface area contributed by atoms with Crippen molar-refractivity contribution in [2.75, 3.05) is 11.9 Å². The first-order valence-electron chi connectivity index (χ1n) is 8.13. The molecule has 6 nitrogen and oxygen atoms in total. The van der Waals surface area contributed by atoms with Gasteiger partial charge in [0.15, 0.2) is 0 Å². The van der Waals surface area contributed by atoms with E-state index < -0.39 is 0 Å². The Bertz CT molecular complexity index is 1020. The summed E-state index contributed by atoms with van der Waals surface area (Å²) in [6.07, 6.45) is 1.46. The van der Waals surface area contributed by atoms with Crippen molar-refractivity contribution in [2.45, 2.75) is 6.04 Å². The summed E-state index contributed by atoms with van der Waals surface area (Å²) in [7, 11) is 0. The van der Waals surface area contributed by atoms with Crippen LogP contribution in [0.4, 0.5) is 5.82 Å². The first-order chi connectivity index (χ1) is 12.7. The molecule has 2 aromatic carbocycles. The van der Waals surface area contributed by atoms with E-state index in [-0.39, 0.29) is 12.6 Å². The van der Waals surface area contributed by atoms with Crippen molar-refractivity contribution in [3.05, 3.63) is 77.6 Å². The molecule has 7 heteroatoms. The number of hydrogen-bond donors (Lipinski definition) is 2. The summed E-state index contributed by atoms with van der Waals surface area (Å²) in [4.78, 5) is 8.76. The number of halogens is 1. The SMILES string of the molecule is OCC(Nc1cc(-c2ccccc2)nc2ncnn12)c1ccc(Cl)cc1. The maximum Gasteiger partial charge on any atom is 0.254 e. The van der Waals surface area contributed by atoms with Crippen LogP contribution in [0.25, 0.3) is 17.0 Å². The molecule has 130 valence electrons. The van der Waals surface area contributed by atoms with Gasteiger partial charge in [-0.15, -0.1) is 0 Å². The van der Waals surface area contributed by atoms with Crippen LogP contribution in [-0.4, -0.2) is 31.3 Å². The monoisotopic (exact) mass is 365 g/mol. The van der Waals surface area contributed by atoms with E-state index >= 15 is 0 Å². The van der Waals surface area contributed by atoms with Crippen LogP contribution < -0.4 is 5.32 Å². The molecule has 2 N–H and O–H groups in total. The number of rotatable bonds is 5. The highest BCUT2D eigenvalue weighted by molar-refractivity contribution is 6.30. The number of aliphatic hydroxyl groups is 1. The first-order valence-corrected chi connectivity index (χ1v) is 8.51. The highest BCUT2D eigenvalue weighted by Crippen LogP contribution is 2.25. The minimum absolute atomic E-state index is 0.0825. The largest absolute Gasteiger partial charge is 0.394 e. The Balaban J connectivity index is 1.75. The van der Waals surface area contributed by atoms with Gasteiger partial charge in [0.1, 0.15) is 12.1 Å². The Hall–Kier alpha value is -2.96. The van der Waals surface area contributed by atoms with Crippen molar-refractivity contribution in [1.29, 1.82) is 0 Å². The molecule has 1 atom stereocenters. The van der Waals surface area contributed by atoms with Crippen LogP contribution in [0, 0.1) is 0 Å². The van der Waals surface area contributed by atoms with Gasteiger partial charge in [0, 0.05) is 16.7 Å². The van der Waals surface area contributed by atoms with Gasteiger partial charge in [-0.1, -0.05) is 54.1 Å². The standard InChI is InChI=1S/C19H16ClN5O/c20-15-8-6-14(7-9-15)17(11-26)23-18-10-16(13-4-2-1-3-5-13)24-19-21-12-22-25(18)19/h1-10,12,17,23,26H,11H2. The van der Waals surface area contributed by atoms with Crippen molar-refractivity contribution in [1.82, 2.24) is 19.6 Å². The van der Waals surface area contributed by atoms with Crippen LogP contribution in [0.15, 0.2) is 67.0 Å². The number of fused-ring (bicyclic) bond motifs is 1. The average molecular weight is 366 g/mol. The molecule has 0 aliphatic heterocycles. The summed E-state index contributed by atoms with van der Waals surface area (Å²) in [6, 6.07) is 18.8. The second kappa shape index (κ2) is 7.11. The minimum Gasteiger partial charge on any atom is -0.394 e. The smallest absolute Gasteiger partial charge is 0.254 e. The molecule has 0 saturated heterocycles. The molecule has 0 bridgehead atoms. The number of nitrogens with one attached hydrogen (secondary N) is 1. The summed E-state index contributed by atoms with van der Waals surface area (Å²) < 4.78 is 1.62. The Morgan fingerprint density at radius 1 is 1.08 bits per heavy atom. The summed E-state index contributed by atoms with van der Waals surface area (Å²) in [5, 5.41) is 18.1. The zero-order valence-corrected chi connectivity index (χ0v) is 14.5. The lowest BCUT2D eigenvalue weighted by molar-refractivity contribution is 0.276. The Morgan fingerprint density at radius 3 is 2.58 bits per heavy atom. The lowest BCUT2D eigenvalue weighted by Crippen LogP contribution is -2.17. The van der Waals surface area contributed by atoms with Crippen LogP contribution in [0.3, 0.4) is 0 Å². The first kappa shape index (κ1) is 16.5. The van der Waals surface area contributed by atoms with Gasteiger partial charge in [0.25, 0.3) is 5.78 Å². The van der Waals surface area contributed by atoms with E-state index in [2.05, 4.69) is 20.4 Å². The molecule has 26 heavy (non-hydrogen) atoms. The predicted octanol–water partition coefficient (Wildman–Crippen LogP) is 3.59. The molecule has 1 unspecified atom stereocenters. The quantitative estimate of drug-likeness (QED) is 0.565. The van der Waals surface area contributed by atoms with Gasteiger partial charge in [0.2, 0.25) is 0 Å². The molecule has 0 aliphatic carbocycles. The number of aliphatic hydroxyl groups excluding tert-OH is 1. The van der Waals surface area contributed by atoms with Crippen LogP contribution >= 0.6 is 11.6 Å². The third kappa shape index (κ3) is 3.24. The molecule has 2 heterocycles. The van der Waals surface area contributed by atoms with E-state index in [9.17, 15) is 5.11 Å². The molecule has 0 saturated carbocycles. The summed E-state index contributed by atoms with van der Waals surface area (Å²) in [6.45, 7) is -0.0825. The van der Waals surface area contributed by atoms with Crippen molar-refractivity contribution in [2.24, 2.45) is 0 Å². The van der Waals surface area contributed by atoms with Crippen molar-refractivity contribution in [3.63, 3.8) is 0 Å². The van der Waals surface area contributed by atoms with E-state index in [1.165, 1.54) is 6.33 Å². The van der Waals surface area contributed by atoms with E-state index in [4.69, 9.17) is 11.6 Å². The van der Waals surface area contributed by atoms with E-state index in [0.717, 1.165) is 16.8 Å². The number of hydrogen-bond acceptors (Lipinski definition) is 5. The van der Waals surface area contributed by atoms with Gasteiger partial charge in [-0.25, -0.2) is 4.98 Å². The van der Waals surface area contributed by atoms with Crippen LogP contribution in [0.5, 0.6) is 0 Å². The zero-order valence-electron chi connectivity index (χ0n) is 13.7. The molecule has 0 aliphatic rings. The molecular weight excluding hydrogens is 350 g/mol. The second-order valence-corrected chi connectivity index (χ2v) is 6.23. The topological polar surface area (TPSA) is 75.3 Å². The van der Waals surface area contributed by atoms with Crippen molar-refractivity contribution < 1.29 is 5.11 Å². The molecule has 4 aromatic rings. The van der Waals surface area contributed by atoms with E-state index in [0.29, 0.717) is 16.6 Å². The fourth-order valence-electron chi connectivity index (χ4n) is 2.78. The van der Waals surface area contributed by atoms with Crippen molar-refractivity contribution >= 4 is 23.2 Å². The van der Waals surface area contributed by atoms with Gasteiger partial charge < -0.3 is 10.4 Å². The van der Waals surface area contributed by atoms with E-state index in [1.807, 2.05) is 48.5 Å². The van der Waals surface area contributed by atoms with Crippen LogP contribution in [0.2, 0.25) is 5.02 Å². The Kier molecular flexibility index (Phi) is 4.51. The van der Waals surface area contributed by atoms with Crippen molar-refractivity contribution in [3.8, 4) is 11.3 Å². The molecule has 0 spiro atoms. The highest BCUT2D eigenvalue weighted by atomic mass is 35.5. The third-order valence-electron chi connectivity index (χ3n) is 4.10. The Morgan fingerprint density at radius 2 is 1.85 bits per heavy atom. The number of anilines is 1. The molecule has 0 amide bonds. The maximum absolute atomic E-state index is 9.86. The minimum atomic E-state index is -0.314. The summed E-state index contributed by atoms with van der Waals surface area (Å²) in [5.41, 5.74) is 2.68.